The number of amides is 1. The van der Waals surface area contributed by atoms with E-state index in [1.165, 1.54) is 5.56 Å². The molecule has 0 bridgehead atoms. The molecule has 1 amide bonds. The molecule has 0 aliphatic rings. The summed E-state index contributed by atoms with van der Waals surface area (Å²) in [7, 11) is 0. The summed E-state index contributed by atoms with van der Waals surface area (Å²) in [5.74, 6) is 0.720. The number of benzene rings is 1. The van der Waals surface area contributed by atoms with Gasteiger partial charge < -0.3 is 14.8 Å². The molecular formula is C18H29NO3. The Balaban J connectivity index is 2.46. The molecule has 1 atom stereocenters. The number of rotatable bonds is 9. The van der Waals surface area contributed by atoms with E-state index in [-0.39, 0.29) is 12.0 Å². The molecule has 0 radical (unpaired) electrons. The van der Waals surface area contributed by atoms with Crippen molar-refractivity contribution in [3.8, 4) is 5.75 Å². The first-order valence-electron chi connectivity index (χ1n) is 8.07. The van der Waals surface area contributed by atoms with Gasteiger partial charge in [-0.25, -0.2) is 0 Å². The van der Waals surface area contributed by atoms with Gasteiger partial charge >= 0.3 is 0 Å². The van der Waals surface area contributed by atoms with Crippen molar-refractivity contribution in [1.29, 1.82) is 0 Å². The Morgan fingerprint density at radius 3 is 2.64 bits per heavy atom. The van der Waals surface area contributed by atoms with Gasteiger partial charge in [0, 0.05) is 13.2 Å². The summed E-state index contributed by atoms with van der Waals surface area (Å²) >= 11 is 0. The smallest absolute Gasteiger partial charge is 0.261 e. The predicted molar refractivity (Wildman–Crippen MR) is 89.3 cm³/mol. The van der Waals surface area contributed by atoms with E-state index < -0.39 is 6.10 Å². The van der Waals surface area contributed by atoms with Crippen molar-refractivity contribution in [2.75, 3.05) is 13.2 Å². The number of hydrogen-bond acceptors (Lipinski definition) is 3. The first-order valence-corrected chi connectivity index (χ1v) is 8.07. The van der Waals surface area contributed by atoms with Gasteiger partial charge in [0.15, 0.2) is 6.10 Å². The first kappa shape index (κ1) is 18.5. The van der Waals surface area contributed by atoms with Gasteiger partial charge in [0.05, 0.1) is 6.10 Å². The highest BCUT2D eigenvalue weighted by molar-refractivity contribution is 5.81. The second kappa shape index (κ2) is 9.46. The Labute approximate surface area is 134 Å². The zero-order chi connectivity index (χ0) is 16.5. The Kier molecular flexibility index (Phi) is 7.96. The molecule has 0 fully saturated rings. The molecule has 4 nitrogen and oxygen atoms in total. The summed E-state index contributed by atoms with van der Waals surface area (Å²) in [5.41, 5.74) is 2.25. The maximum absolute atomic E-state index is 12.2. The minimum atomic E-state index is -0.452. The maximum atomic E-state index is 12.2. The zero-order valence-corrected chi connectivity index (χ0v) is 14.4. The average Bonchev–Trinajstić information content (AvgIpc) is 2.48. The van der Waals surface area contributed by atoms with E-state index in [0.29, 0.717) is 19.6 Å². The molecule has 0 aliphatic carbocycles. The van der Waals surface area contributed by atoms with Crippen LogP contribution < -0.4 is 10.1 Å². The van der Waals surface area contributed by atoms with Crippen LogP contribution in [0.25, 0.3) is 0 Å². The average molecular weight is 307 g/mol. The number of carbonyl (C=O) groups excluding carboxylic acids is 1. The van der Waals surface area contributed by atoms with Gasteiger partial charge in [0.25, 0.3) is 5.91 Å². The van der Waals surface area contributed by atoms with Crippen molar-refractivity contribution in [2.45, 2.75) is 59.7 Å². The monoisotopic (exact) mass is 307 g/mol. The standard InChI is InChI=1S/C18H29NO3/c1-6-16(18(20)19-11-8-12-21-13(2)3)22-17-10-7-9-14(4)15(17)5/h7,9-10,13,16H,6,8,11-12H2,1-5H3,(H,19,20). The maximum Gasteiger partial charge on any atom is 0.261 e. The van der Waals surface area contributed by atoms with Crippen LogP contribution in [0, 0.1) is 13.8 Å². The van der Waals surface area contributed by atoms with Gasteiger partial charge in [-0.3, -0.25) is 4.79 Å². The van der Waals surface area contributed by atoms with Crippen LogP contribution in [0.3, 0.4) is 0 Å². The van der Waals surface area contributed by atoms with Gasteiger partial charge in [-0.05, 0) is 57.7 Å². The molecule has 0 aliphatic heterocycles. The van der Waals surface area contributed by atoms with Crippen molar-refractivity contribution >= 4 is 5.91 Å². The normalized spacial score (nSPS) is 12.3. The molecule has 1 aromatic carbocycles. The Hall–Kier alpha value is -1.55. The summed E-state index contributed by atoms with van der Waals surface area (Å²) in [6.07, 6.45) is 1.23. The molecule has 0 saturated heterocycles. The third-order valence-corrected chi connectivity index (χ3v) is 3.56. The highest BCUT2D eigenvalue weighted by Crippen LogP contribution is 2.22. The van der Waals surface area contributed by atoms with Crippen molar-refractivity contribution in [1.82, 2.24) is 5.32 Å². The molecule has 0 saturated carbocycles. The molecule has 124 valence electrons. The third kappa shape index (κ3) is 6.06. The van der Waals surface area contributed by atoms with Gasteiger partial charge in [0.2, 0.25) is 0 Å². The second-order valence-electron chi connectivity index (χ2n) is 5.78. The van der Waals surface area contributed by atoms with Gasteiger partial charge in [-0.1, -0.05) is 19.1 Å². The van der Waals surface area contributed by atoms with Crippen LogP contribution in [0.1, 0.15) is 44.7 Å². The fourth-order valence-electron chi connectivity index (χ4n) is 2.04. The molecule has 1 unspecified atom stereocenters. The molecular weight excluding hydrogens is 278 g/mol. The van der Waals surface area contributed by atoms with Gasteiger partial charge in [-0.2, -0.15) is 0 Å². The summed E-state index contributed by atoms with van der Waals surface area (Å²) < 4.78 is 11.3. The predicted octanol–water partition coefficient (Wildman–Crippen LogP) is 3.39. The molecule has 22 heavy (non-hydrogen) atoms. The molecule has 1 rings (SSSR count). The molecule has 1 aromatic rings. The largest absolute Gasteiger partial charge is 0.480 e. The SMILES string of the molecule is CCC(Oc1cccc(C)c1C)C(=O)NCCCOC(C)C. The van der Waals surface area contributed by atoms with Gasteiger partial charge in [-0.15, -0.1) is 0 Å². The topological polar surface area (TPSA) is 47.6 Å². The Morgan fingerprint density at radius 1 is 1.27 bits per heavy atom. The lowest BCUT2D eigenvalue weighted by molar-refractivity contribution is -0.128. The first-order chi connectivity index (χ1) is 10.5. The van der Waals surface area contributed by atoms with E-state index >= 15 is 0 Å². The number of aryl methyl sites for hydroxylation is 1. The van der Waals surface area contributed by atoms with E-state index in [2.05, 4.69) is 5.32 Å². The summed E-state index contributed by atoms with van der Waals surface area (Å²) in [6, 6.07) is 5.90. The quantitative estimate of drug-likeness (QED) is 0.711. The lowest BCUT2D eigenvalue weighted by Crippen LogP contribution is -2.38. The lowest BCUT2D eigenvalue weighted by atomic mass is 10.1. The van der Waals surface area contributed by atoms with Crippen LogP contribution in [0.2, 0.25) is 0 Å². The van der Waals surface area contributed by atoms with E-state index in [1.54, 1.807) is 0 Å². The van der Waals surface area contributed by atoms with Crippen molar-refractivity contribution in [3.63, 3.8) is 0 Å². The van der Waals surface area contributed by atoms with Crippen LogP contribution in [-0.2, 0) is 9.53 Å². The third-order valence-electron chi connectivity index (χ3n) is 3.56. The number of ether oxygens (including phenoxy) is 2. The van der Waals surface area contributed by atoms with Crippen molar-refractivity contribution < 1.29 is 14.3 Å². The summed E-state index contributed by atoms with van der Waals surface area (Å²) in [5, 5.41) is 2.92. The van der Waals surface area contributed by atoms with Crippen molar-refractivity contribution in [2.24, 2.45) is 0 Å². The highest BCUT2D eigenvalue weighted by atomic mass is 16.5. The Morgan fingerprint density at radius 2 is 2.00 bits per heavy atom. The second-order valence-corrected chi connectivity index (χ2v) is 5.78. The minimum Gasteiger partial charge on any atom is -0.480 e. The zero-order valence-electron chi connectivity index (χ0n) is 14.4. The number of nitrogens with one attached hydrogen (secondary N) is 1. The molecule has 1 N–H and O–H groups in total. The van der Waals surface area contributed by atoms with Crippen molar-refractivity contribution in [3.05, 3.63) is 29.3 Å². The summed E-state index contributed by atoms with van der Waals surface area (Å²) in [6.45, 7) is 11.3. The molecule has 0 aromatic heterocycles. The number of hydrogen-bond donors (Lipinski definition) is 1. The van der Waals surface area contributed by atoms with Crippen LogP contribution in [0.4, 0.5) is 0 Å². The summed E-state index contributed by atoms with van der Waals surface area (Å²) in [4.78, 5) is 12.2. The Bertz CT molecular complexity index is 471. The van der Waals surface area contributed by atoms with Crippen LogP contribution in [0.15, 0.2) is 18.2 Å². The minimum absolute atomic E-state index is 0.0621. The van der Waals surface area contributed by atoms with E-state index in [0.717, 1.165) is 17.7 Å². The number of carbonyl (C=O) groups is 1. The van der Waals surface area contributed by atoms with Crippen LogP contribution in [0.5, 0.6) is 5.75 Å². The van der Waals surface area contributed by atoms with Gasteiger partial charge in [0.1, 0.15) is 5.75 Å². The van der Waals surface area contributed by atoms with E-state index in [1.807, 2.05) is 52.8 Å². The lowest BCUT2D eigenvalue weighted by Gasteiger charge is -2.19. The van der Waals surface area contributed by atoms with Crippen LogP contribution in [-0.4, -0.2) is 31.3 Å². The van der Waals surface area contributed by atoms with Crippen LogP contribution >= 0.6 is 0 Å². The van der Waals surface area contributed by atoms with E-state index in [9.17, 15) is 4.79 Å². The molecule has 0 heterocycles. The van der Waals surface area contributed by atoms with E-state index in [4.69, 9.17) is 9.47 Å². The highest BCUT2D eigenvalue weighted by Gasteiger charge is 2.18. The fourth-order valence-corrected chi connectivity index (χ4v) is 2.04. The molecule has 0 spiro atoms. The molecule has 4 heteroatoms. The fraction of sp³-hybridized carbons (Fsp3) is 0.611.